The van der Waals surface area contributed by atoms with Gasteiger partial charge in [0, 0.05) is 35.1 Å². The van der Waals surface area contributed by atoms with E-state index in [9.17, 15) is 4.79 Å². The van der Waals surface area contributed by atoms with Gasteiger partial charge in [0.15, 0.2) is 0 Å². The van der Waals surface area contributed by atoms with Crippen LogP contribution in [0.2, 0.25) is 0 Å². The number of anilines is 1. The second-order valence-corrected chi connectivity index (χ2v) is 6.20. The average Bonchev–Trinajstić information content (AvgIpc) is 2.75. The van der Waals surface area contributed by atoms with E-state index in [2.05, 4.69) is 36.1 Å². The highest BCUT2D eigenvalue weighted by molar-refractivity contribution is 6.10. The molecule has 0 aliphatic heterocycles. The third-order valence-corrected chi connectivity index (χ3v) is 4.17. The first-order valence-corrected chi connectivity index (χ1v) is 10.3. The Balaban J connectivity index is 0.000000583. The summed E-state index contributed by atoms with van der Waals surface area (Å²) in [5, 5.41) is 15.4. The van der Waals surface area contributed by atoms with Crippen LogP contribution in [0.15, 0.2) is 36.7 Å². The van der Waals surface area contributed by atoms with Gasteiger partial charge in [0.25, 0.3) is 0 Å². The number of hydrogen-bond donors (Lipinski definition) is 2. The first kappa shape index (κ1) is 23.3. The van der Waals surface area contributed by atoms with Crippen LogP contribution in [0.4, 0.5) is 5.82 Å². The summed E-state index contributed by atoms with van der Waals surface area (Å²) in [5.41, 5.74) is 0.905. The largest absolute Gasteiger partial charge is 0.478 e. The summed E-state index contributed by atoms with van der Waals surface area (Å²) in [6.45, 7) is 11.3. The van der Waals surface area contributed by atoms with Crippen molar-refractivity contribution in [3.63, 3.8) is 0 Å². The van der Waals surface area contributed by atoms with Gasteiger partial charge in [-0.2, -0.15) is 0 Å². The minimum absolute atomic E-state index is 0.239. The van der Waals surface area contributed by atoms with Gasteiger partial charge < -0.3 is 10.4 Å². The van der Waals surface area contributed by atoms with E-state index in [-0.39, 0.29) is 5.56 Å². The highest BCUT2D eigenvalue weighted by Crippen LogP contribution is 2.29. The summed E-state index contributed by atoms with van der Waals surface area (Å²) in [6, 6.07) is 6.94. The van der Waals surface area contributed by atoms with Crippen molar-refractivity contribution in [1.29, 1.82) is 0 Å². The lowest BCUT2D eigenvalue weighted by Crippen LogP contribution is -2.04. The van der Waals surface area contributed by atoms with E-state index in [1.54, 1.807) is 30.6 Å². The number of carboxylic acids is 1. The lowest BCUT2D eigenvalue weighted by Gasteiger charge is -2.11. The Labute approximate surface area is 168 Å². The fourth-order valence-corrected chi connectivity index (χ4v) is 2.50. The third kappa shape index (κ3) is 6.19. The molecule has 0 saturated carbocycles. The predicted molar refractivity (Wildman–Crippen MR) is 119 cm³/mol. The number of aromatic nitrogens is 2. The molecular weight excluding hydrogens is 350 g/mol. The number of nitrogens with one attached hydrogen (secondary N) is 1. The fraction of sp³-hybridized carbons (Fsp3) is 0.435. The van der Waals surface area contributed by atoms with E-state index in [0.29, 0.717) is 5.52 Å². The van der Waals surface area contributed by atoms with E-state index >= 15 is 0 Å². The Morgan fingerprint density at radius 2 is 1.71 bits per heavy atom. The molecule has 1 aromatic carbocycles. The number of carboxylic acid groups (broad SMARTS) is 1. The standard InChI is InChI=1S/C17H17N3O2.C4H10.C2H6/c1-2-3-7-19-16-13-6-8-18-10-14(13)12-5-4-11(17(21)22)9-15(12)20-16;1-3-4-2;1-2/h4-6,8-10H,2-3,7H2,1H3,(H,19,20)(H,21,22);3-4H2,1-2H3;1-2H3. The van der Waals surface area contributed by atoms with E-state index < -0.39 is 5.97 Å². The topological polar surface area (TPSA) is 75.1 Å². The first-order chi connectivity index (χ1) is 13.6. The zero-order valence-electron chi connectivity index (χ0n) is 17.7. The number of nitrogens with zero attached hydrogens (tertiary/aromatic N) is 2. The SMILES string of the molecule is CC.CCCC.CCCCNc1nc2cc(C(=O)O)ccc2c2cnccc12. The molecule has 0 fully saturated rings. The molecule has 2 aromatic heterocycles. The van der Waals surface area contributed by atoms with Crippen molar-refractivity contribution in [3.05, 3.63) is 42.2 Å². The molecule has 152 valence electrons. The fourth-order valence-electron chi connectivity index (χ4n) is 2.50. The molecule has 0 radical (unpaired) electrons. The van der Waals surface area contributed by atoms with Gasteiger partial charge in [-0.25, -0.2) is 9.78 Å². The Morgan fingerprint density at radius 1 is 1.00 bits per heavy atom. The smallest absolute Gasteiger partial charge is 0.335 e. The molecule has 0 aliphatic rings. The van der Waals surface area contributed by atoms with E-state index in [0.717, 1.165) is 41.4 Å². The van der Waals surface area contributed by atoms with Gasteiger partial charge in [-0.3, -0.25) is 4.98 Å². The number of benzene rings is 1. The van der Waals surface area contributed by atoms with Gasteiger partial charge >= 0.3 is 5.97 Å². The van der Waals surface area contributed by atoms with Crippen LogP contribution in [0.1, 0.15) is 70.7 Å². The van der Waals surface area contributed by atoms with Crippen LogP contribution in [0.5, 0.6) is 0 Å². The number of carbonyl (C=O) groups is 1. The highest BCUT2D eigenvalue weighted by Gasteiger charge is 2.10. The summed E-state index contributed by atoms with van der Waals surface area (Å²) >= 11 is 0. The summed E-state index contributed by atoms with van der Waals surface area (Å²) < 4.78 is 0. The number of fused-ring (bicyclic) bond motifs is 3. The number of pyridine rings is 2. The Bertz CT molecular complexity index is 876. The van der Waals surface area contributed by atoms with Gasteiger partial charge in [-0.1, -0.05) is 59.9 Å². The van der Waals surface area contributed by atoms with E-state index in [1.165, 1.54) is 12.8 Å². The molecule has 2 heterocycles. The molecule has 0 unspecified atom stereocenters. The zero-order valence-corrected chi connectivity index (χ0v) is 17.7. The van der Waals surface area contributed by atoms with Crippen LogP contribution in [0.25, 0.3) is 21.7 Å². The first-order valence-electron chi connectivity index (χ1n) is 10.3. The lowest BCUT2D eigenvalue weighted by atomic mass is 10.1. The van der Waals surface area contributed by atoms with Crippen molar-refractivity contribution < 1.29 is 9.90 Å². The van der Waals surface area contributed by atoms with Crippen LogP contribution in [0.3, 0.4) is 0 Å². The minimum Gasteiger partial charge on any atom is -0.478 e. The molecule has 0 saturated heterocycles. The molecule has 0 atom stereocenters. The molecule has 2 N–H and O–H groups in total. The van der Waals surface area contributed by atoms with E-state index in [4.69, 9.17) is 5.11 Å². The molecule has 3 rings (SSSR count). The van der Waals surface area contributed by atoms with Gasteiger partial charge in [0.2, 0.25) is 0 Å². The quantitative estimate of drug-likeness (QED) is 0.374. The van der Waals surface area contributed by atoms with Crippen molar-refractivity contribution in [2.45, 2.75) is 60.3 Å². The Kier molecular flexibility index (Phi) is 10.6. The van der Waals surface area contributed by atoms with Crippen LogP contribution in [-0.2, 0) is 0 Å². The van der Waals surface area contributed by atoms with Crippen LogP contribution < -0.4 is 5.32 Å². The molecule has 28 heavy (non-hydrogen) atoms. The van der Waals surface area contributed by atoms with Crippen molar-refractivity contribution in [3.8, 4) is 0 Å². The molecule has 0 spiro atoms. The van der Waals surface area contributed by atoms with Crippen LogP contribution >= 0.6 is 0 Å². The molecule has 3 aromatic rings. The second-order valence-electron chi connectivity index (χ2n) is 6.20. The summed E-state index contributed by atoms with van der Waals surface area (Å²) in [7, 11) is 0. The Hall–Kier alpha value is -2.69. The summed E-state index contributed by atoms with van der Waals surface area (Å²) in [4.78, 5) is 20.0. The maximum absolute atomic E-state index is 11.1. The predicted octanol–water partition coefficient (Wildman–Crippen LogP) is 6.53. The minimum atomic E-state index is -0.949. The molecule has 0 aliphatic carbocycles. The van der Waals surface area contributed by atoms with E-state index in [1.807, 2.05) is 19.9 Å². The second kappa shape index (κ2) is 12.7. The molecule has 5 nitrogen and oxygen atoms in total. The van der Waals surface area contributed by atoms with Crippen molar-refractivity contribution in [2.75, 3.05) is 11.9 Å². The van der Waals surface area contributed by atoms with Gasteiger partial charge in [0.1, 0.15) is 5.82 Å². The van der Waals surface area contributed by atoms with Crippen molar-refractivity contribution >= 4 is 33.5 Å². The van der Waals surface area contributed by atoms with Crippen LogP contribution in [-0.4, -0.2) is 27.6 Å². The van der Waals surface area contributed by atoms with Gasteiger partial charge in [-0.15, -0.1) is 0 Å². The number of hydrogen-bond acceptors (Lipinski definition) is 4. The number of unbranched alkanes of at least 4 members (excludes halogenated alkanes) is 2. The molecule has 0 amide bonds. The van der Waals surface area contributed by atoms with Crippen LogP contribution in [0, 0.1) is 0 Å². The normalized spacial score (nSPS) is 9.89. The zero-order chi connectivity index (χ0) is 20.9. The molecule has 5 heteroatoms. The van der Waals surface area contributed by atoms with Crippen molar-refractivity contribution in [2.24, 2.45) is 0 Å². The summed E-state index contributed by atoms with van der Waals surface area (Å²) in [6.07, 6.45) is 8.34. The average molecular weight is 384 g/mol. The maximum Gasteiger partial charge on any atom is 0.335 e. The summed E-state index contributed by atoms with van der Waals surface area (Å²) in [5.74, 6) is -0.170. The van der Waals surface area contributed by atoms with Gasteiger partial charge in [-0.05, 0) is 24.6 Å². The number of rotatable bonds is 6. The monoisotopic (exact) mass is 383 g/mol. The third-order valence-electron chi connectivity index (χ3n) is 4.17. The molecule has 0 bridgehead atoms. The number of aromatic carboxylic acids is 1. The highest BCUT2D eigenvalue weighted by atomic mass is 16.4. The Morgan fingerprint density at radius 3 is 2.32 bits per heavy atom. The molecular formula is C23H33N3O2. The van der Waals surface area contributed by atoms with Gasteiger partial charge in [0.05, 0.1) is 11.1 Å². The lowest BCUT2D eigenvalue weighted by molar-refractivity contribution is 0.0697. The maximum atomic E-state index is 11.1. The van der Waals surface area contributed by atoms with Crippen molar-refractivity contribution in [1.82, 2.24) is 9.97 Å².